The van der Waals surface area contributed by atoms with Crippen LogP contribution in [0.25, 0.3) is 0 Å². The number of aromatic nitrogens is 2. The summed E-state index contributed by atoms with van der Waals surface area (Å²) in [6, 6.07) is 0. The summed E-state index contributed by atoms with van der Waals surface area (Å²) in [4.78, 5) is 0. The monoisotopic (exact) mass is 237 g/mol. The maximum Gasteiger partial charge on any atom is 0.243 e. The lowest BCUT2D eigenvalue weighted by Gasteiger charge is -2.00. The predicted octanol–water partition coefficient (Wildman–Crippen LogP) is 3.94. The molecule has 2 heteroatoms. The molecule has 0 atom stereocenters. The fraction of sp³-hybridized carbons (Fsp3) is 0.800. The van der Waals surface area contributed by atoms with Crippen molar-refractivity contribution in [2.45, 2.75) is 78.3 Å². The first-order chi connectivity index (χ1) is 8.36. The van der Waals surface area contributed by atoms with Crippen LogP contribution in [0.1, 0.15) is 65.2 Å². The highest BCUT2D eigenvalue weighted by Crippen LogP contribution is 2.08. The van der Waals surface area contributed by atoms with Gasteiger partial charge in [0.25, 0.3) is 0 Å². The molecule has 0 saturated heterocycles. The minimum atomic E-state index is 1.07. The molecule has 0 spiro atoms. The molecule has 1 heterocycles. The highest BCUT2D eigenvalue weighted by Gasteiger charge is 2.00. The van der Waals surface area contributed by atoms with Crippen LogP contribution >= 0.6 is 0 Å². The van der Waals surface area contributed by atoms with Gasteiger partial charge < -0.3 is 0 Å². The molecule has 0 saturated carbocycles. The number of hydrogen-bond donors (Lipinski definition) is 0. The van der Waals surface area contributed by atoms with Crippen molar-refractivity contribution >= 4 is 0 Å². The Balaban J connectivity index is 1.93. The molecule has 0 N–H and O–H groups in total. The summed E-state index contributed by atoms with van der Waals surface area (Å²) in [7, 11) is 0. The molecule has 0 unspecified atom stereocenters. The van der Waals surface area contributed by atoms with E-state index in [2.05, 4.69) is 41.7 Å². The standard InChI is InChI=1S/C15H29N2/c1-3-5-6-7-8-9-10-11-12-17-14-13-16(4-2)15-17/h13-15H,3-12H2,1-2H3/q+1. The molecule has 1 aromatic rings. The van der Waals surface area contributed by atoms with Crippen LogP contribution in [0, 0.1) is 0 Å². The Hall–Kier alpha value is -0.790. The molecular formula is C15H29N2+. The minimum Gasteiger partial charge on any atom is -0.237 e. The quantitative estimate of drug-likeness (QED) is 0.430. The summed E-state index contributed by atoms with van der Waals surface area (Å²) >= 11 is 0. The maximum absolute atomic E-state index is 2.31. The lowest BCUT2D eigenvalue weighted by atomic mass is 10.1. The lowest BCUT2D eigenvalue weighted by molar-refractivity contribution is -0.696. The van der Waals surface area contributed by atoms with Gasteiger partial charge in [-0.2, -0.15) is 0 Å². The van der Waals surface area contributed by atoms with Gasteiger partial charge in [-0.3, -0.25) is 0 Å². The zero-order valence-corrected chi connectivity index (χ0v) is 11.7. The van der Waals surface area contributed by atoms with Gasteiger partial charge in [-0.05, 0) is 19.8 Å². The van der Waals surface area contributed by atoms with Crippen LogP contribution < -0.4 is 4.57 Å². The number of nitrogens with zero attached hydrogens (tertiary/aromatic N) is 2. The van der Waals surface area contributed by atoms with Crippen molar-refractivity contribution in [2.75, 3.05) is 0 Å². The number of rotatable bonds is 10. The zero-order valence-electron chi connectivity index (χ0n) is 11.7. The first kappa shape index (κ1) is 14.3. The Morgan fingerprint density at radius 1 is 0.882 bits per heavy atom. The van der Waals surface area contributed by atoms with E-state index in [0.29, 0.717) is 0 Å². The molecule has 1 rings (SSSR count). The summed E-state index contributed by atoms with van der Waals surface area (Å²) in [5.74, 6) is 0. The first-order valence-corrected chi connectivity index (χ1v) is 7.41. The third kappa shape index (κ3) is 6.50. The average Bonchev–Trinajstić information content (AvgIpc) is 2.80. The molecule has 0 aliphatic heterocycles. The fourth-order valence-electron chi connectivity index (χ4n) is 2.19. The molecule has 2 nitrogen and oxygen atoms in total. The second kappa shape index (κ2) is 9.26. The third-order valence-electron chi connectivity index (χ3n) is 3.38. The van der Waals surface area contributed by atoms with Gasteiger partial charge in [-0.25, -0.2) is 9.13 Å². The molecule has 0 aromatic carbocycles. The van der Waals surface area contributed by atoms with E-state index < -0.39 is 0 Å². The van der Waals surface area contributed by atoms with Crippen molar-refractivity contribution in [3.8, 4) is 0 Å². The van der Waals surface area contributed by atoms with Gasteiger partial charge in [0.05, 0.1) is 13.1 Å². The first-order valence-electron chi connectivity index (χ1n) is 7.41. The second-order valence-electron chi connectivity index (χ2n) is 4.96. The molecule has 1 aromatic heterocycles. The number of hydrogen-bond acceptors (Lipinski definition) is 0. The summed E-state index contributed by atoms with van der Waals surface area (Å²) in [5.41, 5.74) is 0. The largest absolute Gasteiger partial charge is 0.243 e. The molecular weight excluding hydrogens is 208 g/mol. The van der Waals surface area contributed by atoms with Gasteiger partial charge in [0.2, 0.25) is 6.33 Å². The van der Waals surface area contributed by atoms with E-state index in [1.54, 1.807) is 0 Å². The van der Waals surface area contributed by atoms with Crippen molar-refractivity contribution < 1.29 is 4.57 Å². The predicted molar refractivity (Wildman–Crippen MR) is 72.9 cm³/mol. The Morgan fingerprint density at radius 2 is 1.53 bits per heavy atom. The number of imidazole rings is 1. The normalized spacial score (nSPS) is 10.9. The summed E-state index contributed by atoms with van der Waals surface area (Å²) in [6.07, 6.45) is 17.8. The van der Waals surface area contributed by atoms with E-state index in [0.717, 1.165) is 6.54 Å². The van der Waals surface area contributed by atoms with E-state index in [1.807, 2.05) is 0 Å². The third-order valence-corrected chi connectivity index (χ3v) is 3.38. The van der Waals surface area contributed by atoms with Crippen LogP contribution in [0.15, 0.2) is 18.7 Å². The molecule has 0 radical (unpaired) electrons. The fourth-order valence-corrected chi connectivity index (χ4v) is 2.19. The van der Waals surface area contributed by atoms with E-state index in [-0.39, 0.29) is 0 Å². The Morgan fingerprint density at radius 3 is 2.12 bits per heavy atom. The topological polar surface area (TPSA) is 8.81 Å². The van der Waals surface area contributed by atoms with Crippen molar-refractivity contribution in [2.24, 2.45) is 0 Å². The van der Waals surface area contributed by atoms with Crippen LogP contribution in [-0.4, -0.2) is 4.57 Å². The maximum atomic E-state index is 2.31. The van der Waals surface area contributed by atoms with Crippen molar-refractivity contribution in [1.29, 1.82) is 0 Å². The number of unbranched alkanes of at least 4 members (excludes halogenated alkanes) is 7. The van der Waals surface area contributed by atoms with Gasteiger partial charge in [0.1, 0.15) is 12.4 Å². The van der Waals surface area contributed by atoms with E-state index in [1.165, 1.54) is 57.9 Å². The molecule has 0 amide bonds. The highest BCUT2D eigenvalue weighted by atomic mass is 15.1. The van der Waals surface area contributed by atoms with Gasteiger partial charge in [-0.15, -0.1) is 0 Å². The molecule has 98 valence electrons. The summed E-state index contributed by atoms with van der Waals surface area (Å²) in [5, 5.41) is 0. The highest BCUT2D eigenvalue weighted by molar-refractivity contribution is 4.64. The van der Waals surface area contributed by atoms with Crippen LogP contribution in [0.5, 0.6) is 0 Å². The Bertz CT molecular complexity index is 278. The van der Waals surface area contributed by atoms with Crippen molar-refractivity contribution in [1.82, 2.24) is 4.57 Å². The van der Waals surface area contributed by atoms with E-state index in [9.17, 15) is 0 Å². The van der Waals surface area contributed by atoms with Gasteiger partial charge >= 0.3 is 0 Å². The smallest absolute Gasteiger partial charge is 0.237 e. The van der Waals surface area contributed by atoms with Crippen molar-refractivity contribution in [3.63, 3.8) is 0 Å². The SMILES string of the molecule is CCCCCCCCCC[n+]1ccn(CC)c1. The molecule has 0 bridgehead atoms. The zero-order chi connectivity index (χ0) is 12.3. The number of aryl methyl sites for hydroxylation is 2. The second-order valence-corrected chi connectivity index (χ2v) is 4.96. The Kier molecular flexibility index (Phi) is 7.78. The molecule has 17 heavy (non-hydrogen) atoms. The summed E-state index contributed by atoms with van der Waals surface area (Å²) < 4.78 is 4.53. The van der Waals surface area contributed by atoms with Crippen LogP contribution in [0.3, 0.4) is 0 Å². The van der Waals surface area contributed by atoms with Crippen LogP contribution in [0.4, 0.5) is 0 Å². The molecule has 0 aliphatic carbocycles. The van der Waals surface area contributed by atoms with E-state index >= 15 is 0 Å². The lowest BCUT2D eigenvalue weighted by Crippen LogP contribution is -2.30. The van der Waals surface area contributed by atoms with E-state index in [4.69, 9.17) is 0 Å². The minimum absolute atomic E-state index is 1.07. The average molecular weight is 237 g/mol. The van der Waals surface area contributed by atoms with Crippen LogP contribution in [0.2, 0.25) is 0 Å². The van der Waals surface area contributed by atoms with Gasteiger partial charge in [0.15, 0.2) is 0 Å². The molecule has 0 aliphatic rings. The van der Waals surface area contributed by atoms with Gasteiger partial charge in [0, 0.05) is 0 Å². The van der Waals surface area contributed by atoms with Crippen molar-refractivity contribution in [3.05, 3.63) is 18.7 Å². The Labute approximate surface area is 107 Å². The summed E-state index contributed by atoms with van der Waals surface area (Å²) in [6.45, 7) is 6.71. The van der Waals surface area contributed by atoms with Gasteiger partial charge in [-0.1, -0.05) is 45.4 Å². The van der Waals surface area contributed by atoms with Crippen LogP contribution in [-0.2, 0) is 13.1 Å². The molecule has 0 fully saturated rings.